The Balaban J connectivity index is 1.28. The van der Waals surface area contributed by atoms with Crippen molar-refractivity contribution >= 4 is 11.1 Å². The number of fused-ring (bicyclic) bond motifs is 10. The van der Waals surface area contributed by atoms with Gasteiger partial charge >= 0.3 is 0 Å². The van der Waals surface area contributed by atoms with Gasteiger partial charge in [0.2, 0.25) is 5.89 Å². The molecule has 0 radical (unpaired) electrons. The molecule has 9 aromatic rings. The van der Waals surface area contributed by atoms with Gasteiger partial charge in [-0.2, -0.15) is 0 Å². The number of para-hydroxylation sites is 4. The van der Waals surface area contributed by atoms with Crippen LogP contribution >= 0.6 is 0 Å². The van der Waals surface area contributed by atoms with E-state index in [0.29, 0.717) is 23.4 Å². The summed E-state index contributed by atoms with van der Waals surface area (Å²) >= 11 is 0. The molecular formula is C47H28N4O2. The second kappa shape index (κ2) is 11.4. The highest BCUT2D eigenvalue weighted by Gasteiger charge is 2.53. The van der Waals surface area contributed by atoms with Crippen molar-refractivity contribution in [2.75, 3.05) is 0 Å². The molecule has 53 heavy (non-hydrogen) atoms. The molecule has 1 spiro atoms. The highest BCUT2D eigenvalue weighted by atomic mass is 16.5. The van der Waals surface area contributed by atoms with Crippen LogP contribution in [0, 0.1) is 0 Å². The van der Waals surface area contributed by atoms with Crippen LogP contribution in [0.5, 0.6) is 11.5 Å². The first kappa shape index (κ1) is 29.5. The maximum Gasteiger partial charge on any atom is 0.227 e. The molecule has 0 N–H and O–H groups in total. The van der Waals surface area contributed by atoms with Crippen LogP contribution in [0.25, 0.3) is 67.8 Å². The Kier molecular flexibility index (Phi) is 6.36. The Hall–Kier alpha value is -7.18. The van der Waals surface area contributed by atoms with Crippen LogP contribution in [0.2, 0.25) is 0 Å². The number of nitrogens with zero attached hydrogens (tertiary/aromatic N) is 4. The van der Waals surface area contributed by atoms with Gasteiger partial charge in [-0.05, 0) is 52.6 Å². The second-order valence-corrected chi connectivity index (χ2v) is 13.3. The van der Waals surface area contributed by atoms with Crippen LogP contribution in [0.3, 0.4) is 0 Å². The molecule has 6 heteroatoms. The lowest BCUT2D eigenvalue weighted by Gasteiger charge is -2.40. The van der Waals surface area contributed by atoms with E-state index in [-0.39, 0.29) is 0 Å². The fraction of sp³-hybridized carbons (Fsp3) is 0.0213. The number of benzene rings is 7. The SMILES string of the molecule is c1ccc(-c2nc(-c3ccccc3)nc(-c3cccc4c3C3(c5ccccc5Oc5ccccc53)c3cccc(-c5nc6ccccc6o5)c3-4)n2)cc1. The highest BCUT2D eigenvalue weighted by Crippen LogP contribution is 2.65. The molecule has 0 fully saturated rings. The van der Waals surface area contributed by atoms with Crippen molar-refractivity contribution in [1.82, 2.24) is 19.9 Å². The third-order valence-corrected chi connectivity index (χ3v) is 10.4. The van der Waals surface area contributed by atoms with Crippen molar-refractivity contribution in [1.29, 1.82) is 0 Å². The van der Waals surface area contributed by atoms with Crippen LogP contribution < -0.4 is 4.74 Å². The Morgan fingerprint density at radius 3 is 1.60 bits per heavy atom. The lowest BCUT2D eigenvalue weighted by Crippen LogP contribution is -2.32. The van der Waals surface area contributed by atoms with E-state index in [2.05, 4.69) is 72.8 Å². The number of rotatable bonds is 4. The molecule has 0 unspecified atom stereocenters. The Bertz CT molecular complexity index is 2750. The van der Waals surface area contributed by atoms with Crippen molar-refractivity contribution in [3.63, 3.8) is 0 Å². The minimum Gasteiger partial charge on any atom is -0.457 e. The van der Waals surface area contributed by atoms with E-state index in [0.717, 1.165) is 78.2 Å². The summed E-state index contributed by atoms with van der Waals surface area (Å²) in [4.78, 5) is 20.5. The van der Waals surface area contributed by atoms with Crippen molar-refractivity contribution in [3.05, 3.63) is 192 Å². The van der Waals surface area contributed by atoms with Crippen LogP contribution in [-0.4, -0.2) is 19.9 Å². The standard InChI is InChI=1S/C47H28N4O2/c1-3-15-29(16-4-1)43-49-44(30-17-5-2-6-18-30)51-45(50-43)33-21-13-19-31-41-32(46-48-37-25-9-12-28-40(37)53-46)20-14-24-36(41)47(42(31)33)34-22-7-10-26-38(34)52-39-27-11-8-23-35(39)47/h1-28H. The van der Waals surface area contributed by atoms with E-state index in [9.17, 15) is 0 Å². The Morgan fingerprint density at radius 1 is 0.396 bits per heavy atom. The number of aromatic nitrogens is 4. The van der Waals surface area contributed by atoms with Gasteiger partial charge in [-0.3, -0.25) is 0 Å². The molecule has 248 valence electrons. The summed E-state index contributed by atoms with van der Waals surface area (Å²) in [5, 5.41) is 0. The topological polar surface area (TPSA) is 73.9 Å². The van der Waals surface area contributed by atoms with Gasteiger partial charge in [-0.1, -0.05) is 140 Å². The van der Waals surface area contributed by atoms with Gasteiger partial charge in [0.05, 0.1) is 5.41 Å². The van der Waals surface area contributed by atoms with E-state index in [1.165, 1.54) is 0 Å². The molecule has 3 heterocycles. The lowest BCUT2D eigenvalue weighted by molar-refractivity contribution is 0.436. The van der Waals surface area contributed by atoms with E-state index in [1.807, 2.05) is 97.1 Å². The minimum atomic E-state index is -0.791. The summed E-state index contributed by atoms with van der Waals surface area (Å²) in [6, 6.07) is 57.8. The van der Waals surface area contributed by atoms with Crippen LogP contribution in [-0.2, 0) is 5.41 Å². The quantitative estimate of drug-likeness (QED) is 0.184. The summed E-state index contributed by atoms with van der Waals surface area (Å²) in [7, 11) is 0. The molecule has 0 saturated heterocycles. The van der Waals surface area contributed by atoms with Gasteiger partial charge in [0, 0.05) is 33.4 Å². The number of hydrogen-bond acceptors (Lipinski definition) is 6. The maximum absolute atomic E-state index is 6.68. The normalized spacial score (nSPS) is 13.2. The Morgan fingerprint density at radius 2 is 0.925 bits per heavy atom. The summed E-state index contributed by atoms with van der Waals surface area (Å²) in [6.45, 7) is 0. The number of oxazole rings is 1. The fourth-order valence-electron chi connectivity index (χ4n) is 8.29. The average Bonchev–Trinajstić information content (AvgIpc) is 3.80. The average molecular weight is 681 g/mol. The van der Waals surface area contributed by atoms with Crippen molar-refractivity contribution in [2.45, 2.75) is 5.41 Å². The summed E-state index contributed by atoms with van der Waals surface area (Å²) in [6.07, 6.45) is 0. The first-order chi connectivity index (χ1) is 26.3. The zero-order chi connectivity index (χ0) is 34.9. The van der Waals surface area contributed by atoms with Gasteiger partial charge in [-0.25, -0.2) is 19.9 Å². The molecule has 11 rings (SSSR count). The molecule has 6 nitrogen and oxygen atoms in total. The molecule has 1 aliphatic carbocycles. The maximum atomic E-state index is 6.68. The van der Waals surface area contributed by atoms with Gasteiger partial charge in [-0.15, -0.1) is 0 Å². The minimum absolute atomic E-state index is 0.572. The molecular weight excluding hydrogens is 653 g/mol. The van der Waals surface area contributed by atoms with Crippen LogP contribution in [0.4, 0.5) is 0 Å². The fourth-order valence-corrected chi connectivity index (χ4v) is 8.29. The molecule has 0 bridgehead atoms. The zero-order valence-corrected chi connectivity index (χ0v) is 28.3. The van der Waals surface area contributed by atoms with Gasteiger partial charge in [0.25, 0.3) is 0 Å². The molecule has 7 aromatic carbocycles. The monoisotopic (exact) mass is 680 g/mol. The zero-order valence-electron chi connectivity index (χ0n) is 28.3. The van der Waals surface area contributed by atoms with Gasteiger partial charge < -0.3 is 9.15 Å². The van der Waals surface area contributed by atoms with Crippen molar-refractivity contribution < 1.29 is 9.15 Å². The van der Waals surface area contributed by atoms with Gasteiger partial charge in [0.15, 0.2) is 23.1 Å². The third kappa shape index (κ3) is 4.33. The Labute approximate surface area is 305 Å². The van der Waals surface area contributed by atoms with E-state index >= 15 is 0 Å². The molecule has 2 aliphatic rings. The van der Waals surface area contributed by atoms with Gasteiger partial charge in [0.1, 0.15) is 17.0 Å². The van der Waals surface area contributed by atoms with Crippen molar-refractivity contribution in [2.24, 2.45) is 0 Å². The van der Waals surface area contributed by atoms with Crippen molar-refractivity contribution in [3.8, 4) is 68.2 Å². The highest BCUT2D eigenvalue weighted by molar-refractivity contribution is 5.99. The lowest BCUT2D eigenvalue weighted by atomic mass is 9.65. The third-order valence-electron chi connectivity index (χ3n) is 10.4. The van der Waals surface area contributed by atoms with Crippen LogP contribution in [0.1, 0.15) is 22.3 Å². The summed E-state index contributed by atoms with van der Waals surface area (Å²) < 4.78 is 13.2. The largest absolute Gasteiger partial charge is 0.457 e. The summed E-state index contributed by atoms with van der Waals surface area (Å²) in [5.74, 6) is 3.98. The number of hydrogen-bond donors (Lipinski definition) is 0. The second-order valence-electron chi connectivity index (χ2n) is 13.3. The van der Waals surface area contributed by atoms with E-state index in [4.69, 9.17) is 29.1 Å². The van der Waals surface area contributed by atoms with E-state index in [1.54, 1.807) is 0 Å². The first-order valence-electron chi connectivity index (χ1n) is 17.6. The first-order valence-corrected chi connectivity index (χ1v) is 17.6. The predicted molar refractivity (Wildman–Crippen MR) is 207 cm³/mol. The molecule has 1 aliphatic heterocycles. The molecule has 0 saturated carbocycles. The smallest absolute Gasteiger partial charge is 0.227 e. The van der Waals surface area contributed by atoms with E-state index < -0.39 is 5.41 Å². The number of ether oxygens (including phenoxy) is 1. The molecule has 2 aromatic heterocycles. The van der Waals surface area contributed by atoms with Crippen LogP contribution in [0.15, 0.2) is 174 Å². The molecule has 0 amide bonds. The summed E-state index contributed by atoms with van der Waals surface area (Å²) in [5.41, 5.74) is 10.8. The predicted octanol–water partition coefficient (Wildman–Crippen LogP) is 11.1. The molecule has 0 atom stereocenters.